The van der Waals surface area contributed by atoms with Crippen molar-refractivity contribution < 1.29 is 19.6 Å². The molecule has 1 amide bonds. The molecule has 24 heavy (non-hydrogen) atoms. The molecule has 3 N–H and O–H groups in total. The second-order valence-electron chi connectivity index (χ2n) is 5.45. The molecule has 2 heterocycles. The average molecular weight is 342 g/mol. The van der Waals surface area contributed by atoms with Crippen molar-refractivity contribution in [2.24, 2.45) is 0 Å². The van der Waals surface area contributed by atoms with Gasteiger partial charge in [-0.05, 0) is 19.8 Å². The number of anilines is 1. The standard InChI is InChI=1S/C13H22N6O5/c1-3-18-12(10(8-14-18)19(22)23)17-6-4-9(15-16-13(20)21)11(24-2)5-7-17/h8-9,11,15-16H,3-7H2,1-2H3,(H,20,21). The minimum Gasteiger partial charge on any atom is -0.464 e. The van der Waals surface area contributed by atoms with E-state index in [1.807, 2.05) is 11.8 Å². The number of nitrogens with zero attached hydrogens (tertiary/aromatic N) is 4. The van der Waals surface area contributed by atoms with Crippen molar-refractivity contribution in [3.05, 3.63) is 16.3 Å². The maximum absolute atomic E-state index is 11.3. The van der Waals surface area contributed by atoms with E-state index in [9.17, 15) is 14.9 Å². The van der Waals surface area contributed by atoms with Crippen LogP contribution in [0.2, 0.25) is 0 Å². The van der Waals surface area contributed by atoms with E-state index in [1.165, 1.54) is 6.20 Å². The number of carboxylic acid groups (broad SMARTS) is 1. The predicted molar refractivity (Wildman–Crippen MR) is 84.9 cm³/mol. The lowest BCUT2D eigenvalue weighted by atomic mass is 10.1. The molecule has 0 saturated carbocycles. The van der Waals surface area contributed by atoms with Crippen LogP contribution in [0, 0.1) is 10.1 Å². The zero-order valence-corrected chi connectivity index (χ0v) is 13.6. The first-order valence-electron chi connectivity index (χ1n) is 7.70. The first-order valence-corrected chi connectivity index (χ1v) is 7.70. The molecule has 11 heteroatoms. The van der Waals surface area contributed by atoms with Crippen LogP contribution in [0.1, 0.15) is 19.8 Å². The molecule has 2 unspecified atom stereocenters. The maximum Gasteiger partial charge on any atom is 0.419 e. The van der Waals surface area contributed by atoms with Crippen LogP contribution in [0.15, 0.2) is 6.20 Å². The summed E-state index contributed by atoms with van der Waals surface area (Å²) in [5, 5.41) is 24.1. The Morgan fingerprint density at radius 2 is 2.25 bits per heavy atom. The molecule has 1 fully saturated rings. The molecule has 1 aromatic heterocycles. The Morgan fingerprint density at radius 1 is 1.54 bits per heavy atom. The molecule has 0 spiro atoms. The Bertz CT molecular complexity index is 591. The maximum atomic E-state index is 11.3. The number of aryl methyl sites for hydroxylation is 1. The third-order valence-electron chi connectivity index (χ3n) is 4.10. The summed E-state index contributed by atoms with van der Waals surface area (Å²) < 4.78 is 7.04. The van der Waals surface area contributed by atoms with Crippen molar-refractivity contribution in [1.29, 1.82) is 0 Å². The van der Waals surface area contributed by atoms with Crippen LogP contribution in [0.25, 0.3) is 0 Å². The van der Waals surface area contributed by atoms with Gasteiger partial charge >= 0.3 is 11.8 Å². The van der Waals surface area contributed by atoms with E-state index in [2.05, 4.69) is 16.0 Å². The molecule has 1 saturated heterocycles. The number of methoxy groups -OCH3 is 1. The molecule has 0 bridgehead atoms. The third kappa shape index (κ3) is 3.92. The summed E-state index contributed by atoms with van der Waals surface area (Å²) in [6.07, 6.45) is 1.04. The number of hydrogen-bond acceptors (Lipinski definition) is 7. The Hall–Kier alpha value is -2.40. The molecule has 134 valence electrons. The van der Waals surface area contributed by atoms with Gasteiger partial charge in [0.15, 0.2) is 0 Å². The van der Waals surface area contributed by atoms with E-state index in [0.29, 0.717) is 38.3 Å². The lowest BCUT2D eigenvalue weighted by molar-refractivity contribution is -0.384. The fourth-order valence-electron chi connectivity index (χ4n) is 2.94. The second kappa shape index (κ2) is 7.93. The van der Waals surface area contributed by atoms with Crippen LogP contribution >= 0.6 is 0 Å². The minimum absolute atomic E-state index is 0.0270. The van der Waals surface area contributed by atoms with Crippen LogP contribution in [0.5, 0.6) is 0 Å². The van der Waals surface area contributed by atoms with Crippen molar-refractivity contribution in [2.75, 3.05) is 25.1 Å². The first-order chi connectivity index (χ1) is 11.5. The fourth-order valence-corrected chi connectivity index (χ4v) is 2.94. The van der Waals surface area contributed by atoms with Gasteiger partial charge in [-0.1, -0.05) is 0 Å². The summed E-state index contributed by atoms with van der Waals surface area (Å²) in [6.45, 7) is 3.47. The highest BCUT2D eigenvalue weighted by atomic mass is 16.6. The molecule has 1 aromatic rings. The Balaban J connectivity index is 2.18. The van der Waals surface area contributed by atoms with Gasteiger partial charge in [-0.2, -0.15) is 5.10 Å². The van der Waals surface area contributed by atoms with Crippen LogP contribution in [-0.4, -0.2) is 58.2 Å². The highest BCUT2D eigenvalue weighted by Gasteiger charge is 2.31. The number of amides is 1. The number of rotatable bonds is 6. The first kappa shape index (κ1) is 17.9. The Kier molecular flexibility index (Phi) is 5.93. The smallest absolute Gasteiger partial charge is 0.419 e. The van der Waals surface area contributed by atoms with Gasteiger partial charge in [0.2, 0.25) is 5.82 Å². The minimum atomic E-state index is -1.18. The number of nitrogens with one attached hydrogen (secondary N) is 2. The largest absolute Gasteiger partial charge is 0.464 e. The molecule has 0 aliphatic carbocycles. The molecule has 2 atom stereocenters. The number of ether oxygens (including phenoxy) is 1. The molecule has 1 aliphatic heterocycles. The second-order valence-corrected chi connectivity index (χ2v) is 5.45. The fraction of sp³-hybridized carbons (Fsp3) is 0.692. The van der Waals surface area contributed by atoms with Gasteiger partial charge in [-0.25, -0.2) is 14.9 Å². The molecular weight excluding hydrogens is 320 g/mol. The summed E-state index contributed by atoms with van der Waals surface area (Å²) >= 11 is 0. The quantitative estimate of drug-likeness (QED) is 0.504. The van der Waals surface area contributed by atoms with Crippen molar-refractivity contribution in [3.63, 3.8) is 0 Å². The van der Waals surface area contributed by atoms with Crippen molar-refractivity contribution >= 4 is 17.6 Å². The van der Waals surface area contributed by atoms with Gasteiger partial charge in [0.1, 0.15) is 6.20 Å². The van der Waals surface area contributed by atoms with E-state index in [0.717, 1.165) is 0 Å². The van der Waals surface area contributed by atoms with Crippen LogP contribution in [-0.2, 0) is 11.3 Å². The number of nitro groups is 1. The van der Waals surface area contributed by atoms with Crippen molar-refractivity contribution in [1.82, 2.24) is 20.6 Å². The molecule has 1 aliphatic rings. The molecular formula is C13H22N6O5. The topological polar surface area (TPSA) is 135 Å². The number of aromatic nitrogens is 2. The Labute approximate surface area is 138 Å². The SMILES string of the molecule is CCn1ncc([N+](=O)[O-])c1N1CCC(NNC(=O)O)C(OC)CC1. The van der Waals surface area contributed by atoms with E-state index < -0.39 is 11.0 Å². The van der Waals surface area contributed by atoms with Gasteiger partial charge in [0.25, 0.3) is 0 Å². The molecule has 11 nitrogen and oxygen atoms in total. The van der Waals surface area contributed by atoms with Crippen LogP contribution in [0.4, 0.5) is 16.3 Å². The number of carbonyl (C=O) groups is 1. The van der Waals surface area contributed by atoms with E-state index >= 15 is 0 Å². The zero-order valence-electron chi connectivity index (χ0n) is 13.6. The van der Waals surface area contributed by atoms with Crippen molar-refractivity contribution in [2.45, 2.75) is 38.5 Å². The summed E-state index contributed by atoms with van der Waals surface area (Å²) in [5.41, 5.74) is 4.86. The lowest BCUT2D eigenvalue weighted by Crippen LogP contribution is -2.49. The van der Waals surface area contributed by atoms with Gasteiger partial charge in [0.05, 0.1) is 17.1 Å². The van der Waals surface area contributed by atoms with Crippen LogP contribution < -0.4 is 15.8 Å². The normalized spacial score (nSPS) is 21.3. The molecule has 0 aromatic carbocycles. The average Bonchev–Trinajstić information content (AvgIpc) is 2.87. The van der Waals surface area contributed by atoms with Crippen molar-refractivity contribution in [3.8, 4) is 0 Å². The van der Waals surface area contributed by atoms with Gasteiger partial charge in [-0.3, -0.25) is 15.5 Å². The summed E-state index contributed by atoms with van der Waals surface area (Å²) in [4.78, 5) is 23.4. The van der Waals surface area contributed by atoms with E-state index in [1.54, 1.807) is 11.8 Å². The van der Waals surface area contributed by atoms with Gasteiger partial charge in [-0.15, -0.1) is 0 Å². The Morgan fingerprint density at radius 3 is 2.83 bits per heavy atom. The van der Waals surface area contributed by atoms with Crippen LogP contribution in [0.3, 0.4) is 0 Å². The van der Waals surface area contributed by atoms with Gasteiger partial charge in [0, 0.05) is 26.7 Å². The zero-order chi connectivity index (χ0) is 17.7. The molecule has 2 rings (SSSR count). The monoisotopic (exact) mass is 342 g/mol. The predicted octanol–water partition coefficient (Wildman–Crippen LogP) is 0.567. The summed E-state index contributed by atoms with van der Waals surface area (Å²) in [5.74, 6) is 0.476. The summed E-state index contributed by atoms with van der Waals surface area (Å²) in [6, 6.07) is -0.229. The third-order valence-corrected chi connectivity index (χ3v) is 4.10. The highest BCUT2D eigenvalue weighted by molar-refractivity contribution is 5.63. The lowest BCUT2D eigenvalue weighted by Gasteiger charge is -2.23. The number of hydrogen-bond donors (Lipinski definition) is 3. The van der Waals surface area contributed by atoms with E-state index in [4.69, 9.17) is 9.84 Å². The van der Waals surface area contributed by atoms with E-state index in [-0.39, 0.29) is 17.8 Å². The number of hydrazine groups is 1. The summed E-state index contributed by atoms with van der Waals surface area (Å²) in [7, 11) is 1.56. The van der Waals surface area contributed by atoms with Gasteiger partial charge < -0.3 is 14.7 Å². The highest BCUT2D eigenvalue weighted by Crippen LogP contribution is 2.30. The molecule has 0 radical (unpaired) electrons.